The summed E-state index contributed by atoms with van der Waals surface area (Å²) in [7, 11) is -3.57. The number of hydrogen-bond donors (Lipinski definition) is 1. The highest BCUT2D eigenvalue weighted by Crippen LogP contribution is 2.20. The number of primary sulfonamides is 1. The average Bonchev–Trinajstić information content (AvgIpc) is 2.15. The molecule has 0 bridgehead atoms. The molecule has 0 saturated heterocycles. The van der Waals surface area contributed by atoms with Crippen molar-refractivity contribution in [1.29, 1.82) is 0 Å². The third-order valence-electron chi connectivity index (χ3n) is 2.35. The smallest absolute Gasteiger partial charge is 0.225 e. The van der Waals surface area contributed by atoms with Gasteiger partial charge in [0, 0.05) is 5.41 Å². The van der Waals surface area contributed by atoms with Crippen LogP contribution in [0.2, 0.25) is 0 Å². The van der Waals surface area contributed by atoms with E-state index < -0.39 is 10.0 Å². The van der Waals surface area contributed by atoms with E-state index in [1.807, 2.05) is 24.3 Å². The van der Waals surface area contributed by atoms with Gasteiger partial charge in [0.2, 0.25) is 10.0 Å². The predicted octanol–water partition coefficient (Wildman–Crippen LogP) is 2.46. The summed E-state index contributed by atoms with van der Waals surface area (Å²) < 4.78 is 21.9. The van der Waals surface area contributed by atoms with Crippen LogP contribution in [-0.2, 0) is 10.0 Å². The van der Waals surface area contributed by atoms with Crippen molar-refractivity contribution in [2.45, 2.75) is 26.7 Å². The zero-order chi connectivity index (χ0) is 12.3. The van der Waals surface area contributed by atoms with Crippen molar-refractivity contribution >= 4 is 15.6 Å². The normalized spacial score (nSPS) is 13.2. The van der Waals surface area contributed by atoms with Gasteiger partial charge in [-0.2, -0.15) is 0 Å². The van der Waals surface area contributed by atoms with Crippen LogP contribution >= 0.6 is 0 Å². The molecule has 0 fully saturated rings. The van der Waals surface area contributed by atoms with E-state index in [9.17, 15) is 8.42 Å². The first kappa shape index (κ1) is 12.9. The first-order valence-electron chi connectivity index (χ1n) is 5.11. The summed E-state index contributed by atoms with van der Waals surface area (Å²) in [5.74, 6) is 0.419. The summed E-state index contributed by atoms with van der Waals surface area (Å²) in [6.07, 6.45) is 0. The molecule has 0 aromatic heterocycles. The van der Waals surface area contributed by atoms with E-state index in [2.05, 4.69) is 13.8 Å². The molecular weight excluding hydrogens is 222 g/mol. The van der Waals surface area contributed by atoms with Gasteiger partial charge in [-0.1, -0.05) is 38.1 Å². The molecule has 88 valence electrons. The zero-order valence-corrected chi connectivity index (χ0v) is 10.6. The first-order chi connectivity index (χ1) is 7.29. The second-order valence-corrected chi connectivity index (χ2v) is 5.58. The van der Waals surface area contributed by atoms with Crippen molar-refractivity contribution in [1.82, 2.24) is 0 Å². The van der Waals surface area contributed by atoms with E-state index in [0.29, 0.717) is 11.5 Å². The zero-order valence-electron chi connectivity index (χ0n) is 9.77. The number of sulfonamides is 1. The van der Waals surface area contributed by atoms with Crippen LogP contribution in [-0.4, -0.2) is 8.42 Å². The SMILES string of the molecule is CC(=CS(N)(=O)=O)c1cccc(C(C)C)c1. The summed E-state index contributed by atoms with van der Waals surface area (Å²) in [6.45, 7) is 5.93. The van der Waals surface area contributed by atoms with Crippen LogP contribution in [0.4, 0.5) is 0 Å². The Kier molecular flexibility index (Phi) is 3.88. The lowest BCUT2D eigenvalue weighted by atomic mass is 9.99. The molecule has 0 heterocycles. The highest BCUT2D eigenvalue weighted by Gasteiger charge is 2.04. The van der Waals surface area contributed by atoms with E-state index in [-0.39, 0.29) is 0 Å². The van der Waals surface area contributed by atoms with Crippen molar-refractivity contribution in [3.63, 3.8) is 0 Å². The molecule has 0 aliphatic heterocycles. The number of nitrogens with two attached hydrogens (primary N) is 1. The molecule has 0 aliphatic rings. The summed E-state index contributed by atoms with van der Waals surface area (Å²) >= 11 is 0. The molecule has 2 N–H and O–H groups in total. The van der Waals surface area contributed by atoms with Gasteiger partial charge in [0.25, 0.3) is 0 Å². The van der Waals surface area contributed by atoms with Gasteiger partial charge in [-0.05, 0) is 29.5 Å². The van der Waals surface area contributed by atoms with E-state index in [4.69, 9.17) is 5.14 Å². The maximum atomic E-state index is 10.9. The van der Waals surface area contributed by atoms with Crippen molar-refractivity contribution in [2.75, 3.05) is 0 Å². The fourth-order valence-electron chi connectivity index (χ4n) is 1.46. The lowest BCUT2D eigenvalue weighted by Crippen LogP contribution is -2.07. The number of hydrogen-bond acceptors (Lipinski definition) is 2. The fraction of sp³-hybridized carbons (Fsp3) is 0.333. The quantitative estimate of drug-likeness (QED) is 0.880. The predicted molar refractivity (Wildman–Crippen MR) is 67.3 cm³/mol. The number of allylic oxidation sites excluding steroid dienone is 1. The maximum Gasteiger partial charge on any atom is 0.231 e. The highest BCUT2D eigenvalue weighted by atomic mass is 32.2. The molecule has 0 radical (unpaired) electrons. The van der Waals surface area contributed by atoms with Gasteiger partial charge >= 0.3 is 0 Å². The molecule has 3 nitrogen and oxygen atoms in total. The van der Waals surface area contributed by atoms with Gasteiger partial charge < -0.3 is 0 Å². The third-order valence-corrected chi connectivity index (χ3v) is 3.03. The van der Waals surface area contributed by atoms with Crippen molar-refractivity contribution in [3.05, 3.63) is 40.8 Å². The molecule has 1 rings (SSSR count). The standard InChI is InChI=1S/C12H17NO2S/c1-9(2)11-5-4-6-12(7-11)10(3)8-16(13,14)15/h4-9H,1-3H3,(H2,13,14,15). The Hall–Kier alpha value is -1.13. The van der Waals surface area contributed by atoms with Crippen LogP contribution in [0, 0.1) is 0 Å². The minimum absolute atomic E-state index is 0.419. The summed E-state index contributed by atoms with van der Waals surface area (Å²) in [5.41, 5.74) is 2.73. The fourth-order valence-corrected chi connectivity index (χ4v) is 2.09. The Bertz CT molecular complexity index is 502. The first-order valence-corrected chi connectivity index (χ1v) is 6.72. The Morgan fingerprint density at radius 3 is 2.50 bits per heavy atom. The van der Waals surface area contributed by atoms with Gasteiger partial charge in [0.1, 0.15) is 0 Å². The summed E-state index contributed by atoms with van der Waals surface area (Å²) in [4.78, 5) is 0. The van der Waals surface area contributed by atoms with Crippen LogP contribution in [0.15, 0.2) is 29.7 Å². The summed E-state index contributed by atoms with van der Waals surface area (Å²) in [6, 6.07) is 7.81. The van der Waals surface area contributed by atoms with Crippen molar-refractivity contribution < 1.29 is 8.42 Å². The average molecular weight is 239 g/mol. The van der Waals surface area contributed by atoms with Crippen LogP contribution in [0.5, 0.6) is 0 Å². The number of benzene rings is 1. The second-order valence-electron chi connectivity index (χ2n) is 4.17. The van der Waals surface area contributed by atoms with E-state index >= 15 is 0 Å². The third kappa shape index (κ3) is 3.79. The minimum Gasteiger partial charge on any atom is -0.225 e. The molecule has 0 aliphatic carbocycles. The topological polar surface area (TPSA) is 60.2 Å². The lowest BCUT2D eigenvalue weighted by molar-refractivity contribution is 0.606. The molecule has 16 heavy (non-hydrogen) atoms. The van der Waals surface area contributed by atoms with E-state index in [1.165, 1.54) is 5.56 Å². The Balaban J connectivity index is 3.15. The molecule has 0 spiro atoms. The molecule has 1 aromatic rings. The molecule has 0 amide bonds. The minimum atomic E-state index is -3.57. The molecule has 0 saturated carbocycles. The van der Waals surface area contributed by atoms with Gasteiger partial charge in [-0.25, -0.2) is 13.6 Å². The maximum absolute atomic E-state index is 10.9. The van der Waals surface area contributed by atoms with Crippen molar-refractivity contribution in [3.8, 4) is 0 Å². The monoisotopic (exact) mass is 239 g/mol. The molecule has 1 aromatic carbocycles. The Morgan fingerprint density at radius 2 is 2.00 bits per heavy atom. The second kappa shape index (κ2) is 4.80. The highest BCUT2D eigenvalue weighted by molar-refractivity contribution is 7.92. The van der Waals surface area contributed by atoms with Crippen LogP contribution in [0.3, 0.4) is 0 Å². The largest absolute Gasteiger partial charge is 0.231 e. The van der Waals surface area contributed by atoms with E-state index in [0.717, 1.165) is 11.0 Å². The Morgan fingerprint density at radius 1 is 1.38 bits per heavy atom. The van der Waals surface area contributed by atoms with Crippen LogP contribution in [0.1, 0.15) is 37.8 Å². The van der Waals surface area contributed by atoms with Gasteiger partial charge in [0.05, 0.1) is 0 Å². The van der Waals surface area contributed by atoms with Gasteiger partial charge in [0.15, 0.2) is 0 Å². The van der Waals surface area contributed by atoms with E-state index in [1.54, 1.807) is 6.92 Å². The Labute approximate surface area is 97.0 Å². The molecule has 0 atom stereocenters. The van der Waals surface area contributed by atoms with Gasteiger partial charge in [-0.3, -0.25) is 0 Å². The molecule has 4 heteroatoms. The van der Waals surface area contributed by atoms with Crippen LogP contribution in [0.25, 0.3) is 5.57 Å². The molecule has 0 unspecified atom stereocenters. The summed E-state index contributed by atoms with van der Waals surface area (Å²) in [5, 5.41) is 6.06. The van der Waals surface area contributed by atoms with Gasteiger partial charge in [-0.15, -0.1) is 0 Å². The van der Waals surface area contributed by atoms with Crippen LogP contribution < -0.4 is 5.14 Å². The van der Waals surface area contributed by atoms with Crippen molar-refractivity contribution in [2.24, 2.45) is 5.14 Å². The lowest BCUT2D eigenvalue weighted by Gasteiger charge is -2.08. The number of rotatable bonds is 3. The molecular formula is C12H17NO2S.